The first-order valence-corrected chi connectivity index (χ1v) is 4.08. The number of rotatable bonds is 3. The summed E-state index contributed by atoms with van der Waals surface area (Å²) in [5, 5.41) is 9.24. The molecule has 0 aromatic heterocycles. The third kappa shape index (κ3) is 2.21. The molecule has 0 amide bonds. The summed E-state index contributed by atoms with van der Waals surface area (Å²) in [4.78, 5) is 11.3. The van der Waals surface area contributed by atoms with Crippen LogP contribution < -0.4 is 4.74 Å². The quantitative estimate of drug-likeness (QED) is 0.723. The first kappa shape index (κ1) is 9.58. The van der Waals surface area contributed by atoms with Crippen LogP contribution in [0, 0.1) is 0 Å². The van der Waals surface area contributed by atoms with Gasteiger partial charge in [0.2, 0.25) is 0 Å². The van der Waals surface area contributed by atoms with E-state index in [1.807, 2.05) is 0 Å². The molecule has 1 N–H and O–H groups in total. The maximum absolute atomic E-state index is 11.3. The highest BCUT2D eigenvalue weighted by molar-refractivity contribution is 5.96. The lowest BCUT2D eigenvalue weighted by molar-refractivity contribution is 0.0987. The van der Waals surface area contributed by atoms with E-state index in [9.17, 15) is 9.90 Å². The molecule has 0 bridgehead atoms. The van der Waals surface area contributed by atoms with Crippen molar-refractivity contribution in [2.24, 2.45) is 0 Å². The van der Waals surface area contributed by atoms with Gasteiger partial charge < -0.3 is 9.84 Å². The molecule has 0 saturated heterocycles. The third-order valence-corrected chi connectivity index (χ3v) is 1.77. The summed E-state index contributed by atoms with van der Waals surface area (Å²) in [6.07, 6.45) is 0.423. The summed E-state index contributed by atoms with van der Waals surface area (Å²) < 4.78 is 4.92. The first-order chi connectivity index (χ1) is 6.17. The molecule has 3 nitrogen and oxygen atoms in total. The summed E-state index contributed by atoms with van der Waals surface area (Å²) in [7, 11) is 1.50. The van der Waals surface area contributed by atoms with E-state index in [1.165, 1.54) is 19.2 Å². The maximum atomic E-state index is 11.3. The zero-order chi connectivity index (χ0) is 9.84. The molecule has 0 spiro atoms. The minimum Gasteiger partial charge on any atom is -0.508 e. The molecule has 0 heterocycles. The molecular weight excluding hydrogens is 168 g/mol. The van der Waals surface area contributed by atoms with Crippen molar-refractivity contribution in [3.63, 3.8) is 0 Å². The Morgan fingerprint density at radius 2 is 2.15 bits per heavy atom. The van der Waals surface area contributed by atoms with Crippen LogP contribution in [0.3, 0.4) is 0 Å². The van der Waals surface area contributed by atoms with Gasteiger partial charge in [0.25, 0.3) is 0 Å². The Bertz CT molecular complexity index is 318. The molecule has 1 aromatic rings. The van der Waals surface area contributed by atoms with Crippen molar-refractivity contribution in [3.05, 3.63) is 23.8 Å². The minimum absolute atomic E-state index is 0.00537. The molecule has 3 heteroatoms. The van der Waals surface area contributed by atoms with Gasteiger partial charge in [-0.15, -0.1) is 0 Å². The Hall–Kier alpha value is -1.51. The number of aromatic hydroxyl groups is 1. The first-order valence-electron chi connectivity index (χ1n) is 4.08. The molecule has 1 aromatic carbocycles. The predicted octanol–water partition coefficient (Wildman–Crippen LogP) is 1.99. The molecule has 0 saturated carbocycles. The van der Waals surface area contributed by atoms with Gasteiger partial charge >= 0.3 is 0 Å². The van der Waals surface area contributed by atoms with Crippen molar-refractivity contribution in [2.75, 3.05) is 7.11 Å². The number of ether oxygens (including phenoxy) is 1. The zero-order valence-electron chi connectivity index (χ0n) is 7.70. The molecule has 0 atom stereocenters. The number of benzene rings is 1. The Kier molecular flexibility index (Phi) is 2.90. The van der Waals surface area contributed by atoms with Crippen LogP contribution in [0.25, 0.3) is 0 Å². The van der Waals surface area contributed by atoms with Gasteiger partial charge in [-0.05, 0) is 12.1 Å². The Morgan fingerprint density at radius 3 is 2.69 bits per heavy atom. The van der Waals surface area contributed by atoms with Crippen molar-refractivity contribution >= 4 is 5.78 Å². The zero-order valence-corrected chi connectivity index (χ0v) is 7.70. The van der Waals surface area contributed by atoms with Crippen molar-refractivity contribution in [1.29, 1.82) is 0 Å². The Labute approximate surface area is 77.0 Å². The molecule has 0 aliphatic heterocycles. The van der Waals surface area contributed by atoms with E-state index in [-0.39, 0.29) is 11.5 Å². The van der Waals surface area contributed by atoms with Crippen molar-refractivity contribution in [2.45, 2.75) is 13.3 Å². The lowest BCUT2D eigenvalue weighted by atomic mass is 10.1. The molecule has 0 aliphatic rings. The highest BCUT2D eigenvalue weighted by Gasteiger charge is 2.06. The van der Waals surface area contributed by atoms with Gasteiger partial charge in [0.1, 0.15) is 11.5 Å². The fraction of sp³-hybridized carbons (Fsp3) is 0.300. The summed E-state index contributed by atoms with van der Waals surface area (Å²) in [5.74, 6) is 0.544. The molecule has 0 aliphatic carbocycles. The molecule has 0 fully saturated rings. The van der Waals surface area contributed by atoms with Crippen LogP contribution in [0.4, 0.5) is 0 Å². The molecule has 0 unspecified atom stereocenters. The average molecular weight is 180 g/mol. The van der Waals surface area contributed by atoms with Crippen LogP contribution in [0.1, 0.15) is 23.7 Å². The highest BCUT2D eigenvalue weighted by atomic mass is 16.5. The fourth-order valence-corrected chi connectivity index (χ4v) is 1.07. The van der Waals surface area contributed by atoms with Crippen LogP contribution in [-0.2, 0) is 0 Å². The number of hydrogen-bond acceptors (Lipinski definition) is 3. The topological polar surface area (TPSA) is 46.5 Å². The van der Waals surface area contributed by atoms with Crippen molar-refractivity contribution in [1.82, 2.24) is 0 Å². The van der Waals surface area contributed by atoms with Crippen LogP contribution in [0.2, 0.25) is 0 Å². The number of hydrogen-bond donors (Lipinski definition) is 1. The molecular formula is C10H12O3. The third-order valence-electron chi connectivity index (χ3n) is 1.77. The highest BCUT2D eigenvalue weighted by Crippen LogP contribution is 2.22. The maximum Gasteiger partial charge on any atom is 0.162 e. The van der Waals surface area contributed by atoms with Gasteiger partial charge in [-0.2, -0.15) is 0 Å². The SMILES string of the molecule is CCC(=O)c1cc(O)cc(OC)c1. The largest absolute Gasteiger partial charge is 0.508 e. The van der Waals surface area contributed by atoms with Gasteiger partial charge in [-0.25, -0.2) is 0 Å². The monoisotopic (exact) mass is 180 g/mol. The van der Waals surface area contributed by atoms with Crippen LogP contribution in [-0.4, -0.2) is 18.0 Å². The second-order valence-electron chi connectivity index (χ2n) is 2.70. The van der Waals surface area contributed by atoms with E-state index < -0.39 is 0 Å². The number of Topliss-reactive ketones (excluding diaryl/α,β-unsaturated/α-hetero) is 1. The average Bonchev–Trinajstić information content (AvgIpc) is 2.15. The van der Waals surface area contributed by atoms with E-state index in [4.69, 9.17) is 4.74 Å². The second-order valence-corrected chi connectivity index (χ2v) is 2.70. The standard InChI is InChI=1S/C10H12O3/c1-3-10(12)7-4-8(11)6-9(5-7)13-2/h4-6,11H,3H2,1-2H3. The van der Waals surface area contributed by atoms with E-state index in [2.05, 4.69) is 0 Å². The number of carbonyl (C=O) groups is 1. The molecule has 13 heavy (non-hydrogen) atoms. The van der Waals surface area contributed by atoms with E-state index in [0.717, 1.165) is 0 Å². The fourth-order valence-electron chi connectivity index (χ4n) is 1.07. The van der Waals surface area contributed by atoms with Crippen molar-refractivity contribution < 1.29 is 14.6 Å². The second kappa shape index (κ2) is 3.94. The van der Waals surface area contributed by atoms with Crippen LogP contribution in [0.15, 0.2) is 18.2 Å². The Balaban J connectivity index is 3.08. The smallest absolute Gasteiger partial charge is 0.162 e. The van der Waals surface area contributed by atoms with Crippen LogP contribution >= 0.6 is 0 Å². The minimum atomic E-state index is -0.00537. The molecule has 70 valence electrons. The normalized spacial score (nSPS) is 9.69. The van der Waals surface area contributed by atoms with Gasteiger partial charge in [0, 0.05) is 18.1 Å². The van der Waals surface area contributed by atoms with E-state index in [0.29, 0.717) is 17.7 Å². The lowest BCUT2D eigenvalue weighted by Crippen LogP contribution is -1.96. The Morgan fingerprint density at radius 1 is 1.46 bits per heavy atom. The predicted molar refractivity (Wildman–Crippen MR) is 49.3 cm³/mol. The van der Waals surface area contributed by atoms with Crippen molar-refractivity contribution in [3.8, 4) is 11.5 Å². The summed E-state index contributed by atoms with van der Waals surface area (Å²) >= 11 is 0. The van der Waals surface area contributed by atoms with E-state index >= 15 is 0 Å². The molecule has 1 rings (SSSR count). The van der Waals surface area contributed by atoms with Crippen LogP contribution in [0.5, 0.6) is 11.5 Å². The number of ketones is 1. The number of methoxy groups -OCH3 is 1. The number of phenolic OH excluding ortho intramolecular Hbond substituents is 1. The summed E-state index contributed by atoms with van der Waals surface area (Å²) in [6, 6.07) is 4.52. The summed E-state index contributed by atoms with van der Waals surface area (Å²) in [5.41, 5.74) is 0.486. The van der Waals surface area contributed by atoms with Gasteiger partial charge in [-0.1, -0.05) is 6.92 Å². The van der Waals surface area contributed by atoms with Gasteiger partial charge in [0.05, 0.1) is 7.11 Å². The number of phenols is 1. The number of carbonyl (C=O) groups excluding carboxylic acids is 1. The van der Waals surface area contributed by atoms with E-state index in [1.54, 1.807) is 13.0 Å². The summed E-state index contributed by atoms with van der Waals surface area (Å²) in [6.45, 7) is 1.78. The van der Waals surface area contributed by atoms with Gasteiger partial charge in [-0.3, -0.25) is 4.79 Å². The van der Waals surface area contributed by atoms with Gasteiger partial charge in [0.15, 0.2) is 5.78 Å². The molecule has 0 radical (unpaired) electrons. The lowest BCUT2D eigenvalue weighted by Gasteiger charge is -2.03.